The summed E-state index contributed by atoms with van der Waals surface area (Å²) >= 11 is 0. The minimum absolute atomic E-state index is 0.00486. The Morgan fingerprint density at radius 1 is 1.10 bits per heavy atom. The van der Waals surface area contributed by atoms with Gasteiger partial charge in [0.15, 0.2) is 5.78 Å². The predicted octanol–water partition coefficient (Wildman–Crippen LogP) is 2.36. The number of Topliss-reactive ketones (excluding diaryl/α,β-unsaturated/α-hetero) is 1. The van der Waals surface area contributed by atoms with Gasteiger partial charge in [0, 0.05) is 6.54 Å². The molecule has 0 bridgehead atoms. The summed E-state index contributed by atoms with van der Waals surface area (Å²) in [7, 11) is 0. The molecule has 1 amide bonds. The first-order valence-corrected chi connectivity index (χ1v) is 8.48. The molecule has 2 fully saturated rings. The van der Waals surface area contributed by atoms with E-state index in [1.807, 2.05) is 0 Å². The van der Waals surface area contributed by atoms with Crippen molar-refractivity contribution in [3.63, 3.8) is 0 Å². The van der Waals surface area contributed by atoms with Gasteiger partial charge in [0.2, 0.25) is 5.91 Å². The molecule has 120 valence electrons. The molecule has 2 N–H and O–H groups in total. The molecule has 0 aromatic heterocycles. The summed E-state index contributed by atoms with van der Waals surface area (Å²) in [6.45, 7) is 6.62. The zero-order chi connectivity index (χ0) is 15.6. The second-order valence-corrected chi connectivity index (χ2v) is 7.28. The van der Waals surface area contributed by atoms with E-state index in [1.54, 1.807) is 11.8 Å². The molecule has 1 aliphatic heterocycles. The van der Waals surface area contributed by atoms with Crippen molar-refractivity contribution in [2.45, 2.75) is 71.4 Å². The van der Waals surface area contributed by atoms with Crippen LogP contribution in [0.5, 0.6) is 0 Å². The lowest BCUT2D eigenvalue weighted by molar-refractivity contribution is -0.139. The van der Waals surface area contributed by atoms with Gasteiger partial charge in [-0.3, -0.25) is 9.59 Å². The van der Waals surface area contributed by atoms with Crippen LogP contribution in [0.4, 0.5) is 0 Å². The lowest BCUT2D eigenvalue weighted by atomic mass is 9.83. The van der Waals surface area contributed by atoms with Gasteiger partial charge in [0.1, 0.15) is 0 Å². The van der Waals surface area contributed by atoms with Gasteiger partial charge in [-0.25, -0.2) is 0 Å². The summed E-state index contributed by atoms with van der Waals surface area (Å²) in [6.07, 6.45) is 6.52. The minimum atomic E-state index is -0.418. The fourth-order valence-electron chi connectivity index (χ4n) is 3.87. The number of hydrogen-bond donors (Lipinski definition) is 1. The second kappa shape index (κ2) is 6.91. The lowest BCUT2D eigenvalue weighted by Gasteiger charge is -2.32. The Morgan fingerprint density at radius 2 is 1.71 bits per heavy atom. The number of ketones is 1. The molecule has 21 heavy (non-hydrogen) atoms. The molecular formula is C17H30N2O2. The quantitative estimate of drug-likeness (QED) is 0.865. The maximum atomic E-state index is 12.8. The minimum Gasteiger partial charge on any atom is -0.331 e. The van der Waals surface area contributed by atoms with Crippen LogP contribution in [0.15, 0.2) is 0 Å². The van der Waals surface area contributed by atoms with Gasteiger partial charge in [-0.2, -0.15) is 0 Å². The molecule has 3 atom stereocenters. The number of nitrogens with two attached hydrogens (primary N) is 1. The Hall–Kier alpha value is -0.900. The maximum absolute atomic E-state index is 12.8. The summed E-state index contributed by atoms with van der Waals surface area (Å²) in [5, 5.41) is 0. The van der Waals surface area contributed by atoms with Gasteiger partial charge < -0.3 is 10.6 Å². The SMILES string of the molecule is CC(=O)[C@@H]1C[C@@H](C(C)C)CN1C(=O)[C@@H](N)C1CCCCC1. The van der Waals surface area contributed by atoms with Crippen molar-refractivity contribution in [3.8, 4) is 0 Å². The number of amides is 1. The second-order valence-electron chi connectivity index (χ2n) is 7.28. The highest BCUT2D eigenvalue weighted by molar-refractivity contribution is 5.90. The maximum Gasteiger partial charge on any atom is 0.240 e. The first-order valence-electron chi connectivity index (χ1n) is 8.48. The molecule has 4 heteroatoms. The first kappa shape index (κ1) is 16.5. The Balaban J connectivity index is 2.06. The number of hydrogen-bond acceptors (Lipinski definition) is 3. The van der Waals surface area contributed by atoms with E-state index >= 15 is 0 Å². The monoisotopic (exact) mass is 294 g/mol. The Kier molecular flexibility index (Phi) is 5.42. The third-order valence-corrected chi connectivity index (χ3v) is 5.47. The van der Waals surface area contributed by atoms with Crippen LogP contribution < -0.4 is 5.73 Å². The molecule has 2 rings (SSSR count). The van der Waals surface area contributed by atoms with E-state index in [0.29, 0.717) is 24.3 Å². The van der Waals surface area contributed by atoms with Gasteiger partial charge in [0.05, 0.1) is 12.1 Å². The van der Waals surface area contributed by atoms with Crippen LogP contribution >= 0.6 is 0 Å². The Morgan fingerprint density at radius 3 is 2.24 bits per heavy atom. The average Bonchev–Trinajstić information content (AvgIpc) is 2.92. The smallest absolute Gasteiger partial charge is 0.240 e. The summed E-state index contributed by atoms with van der Waals surface area (Å²) in [5.74, 6) is 1.32. The van der Waals surface area contributed by atoms with Crippen LogP contribution in [0, 0.1) is 17.8 Å². The Labute approximate surface area is 128 Å². The molecular weight excluding hydrogens is 264 g/mol. The van der Waals surface area contributed by atoms with Crippen LogP contribution in [0.2, 0.25) is 0 Å². The van der Waals surface area contributed by atoms with Gasteiger partial charge in [-0.05, 0) is 43.9 Å². The van der Waals surface area contributed by atoms with Crippen molar-refractivity contribution < 1.29 is 9.59 Å². The third-order valence-electron chi connectivity index (χ3n) is 5.47. The first-order chi connectivity index (χ1) is 9.91. The van der Waals surface area contributed by atoms with E-state index in [1.165, 1.54) is 19.3 Å². The van der Waals surface area contributed by atoms with Crippen LogP contribution in [-0.2, 0) is 9.59 Å². The molecule has 1 saturated carbocycles. The van der Waals surface area contributed by atoms with E-state index in [4.69, 9.17) is 5.73 Å². The fourth-order valence-corrected chi connectivity index (χ4v) is 3.87. The zero-order valence-electron chi connectivity index (χ0n) is 13.7. The van der Waals surface area contributed by atoms with Crippen LogP contribution in [0.3, 0.4) is 0 Å². The number of carbonyl (C=O) groups is 2. The van der Waals surface area contributed by atoms with Gasteiger partial charge in [0.25, 0.3) is 0 Å². The molecule has 1 aliphatic carbocycles. The number of likely N-dealkylation sites (tertiary alicyclic amines) is 1. The van der Waals surface area contributed by atoms with E-state index in [0.717, 1.165) is 19.3 Å². The number of nitrogens with zero attached hydrogens (tertiary/aromatic N) is 1. The van der Waals surface area contributed by atoms with Gasteiger partial charge in [-0.1, -0.05) is 33.1 Å². The van der Waals surface area contributed by atoms with Gasteiger partial charge >= 0.3 is 0 Å². The third kappa shape index (κ3) is 3.65. The molecule has 0 unspecified atom stereocenters. The van der Waals surface area contributed by atoms with Crippen LogP contribution in [0.25, 0.3) is 0 Å². The molecule has 2 aliphatic rings. The number of carbonyl (C=O) groups excluding carboxylic acids is 2. The van der Waals surface area contributed by atoms with Crippen molar-refractivity contribution >= 4 is 11.7 Å². The van der Waals surface area contributed by atoms with Crippen LogP contribution in [0.1, 0.15) is 59.3 Å². The largest absolute Gasteiger partial charge is 0.331 e. The fraction of sp³-hybridized carbons (Fsp3) is 0.882. The predicted molar refractivity (Wildman–Crippen MR) is 83.7 cm³/mol. The van der Waals surface area contributed by atoms with Gasteiger partial charge in [-0.15, -0.1) is 0 Å². The zero-order valence-corrected chi connectivity index (χ0v) is 13.7. The highest BCUT2D eigenvalue weighted by Crippen LogP contribution is 2.32. The topological polar surface area (TPSA) is 63.4 Å². The highest BCUT2D eigenvalue weighted by atomic mass is 16.2. The highest BCUT2D eigenvalue weighted by Gasteiger charge is 2.41. The molecule has 0 radical (unpaired) electrons. The van der Waals surface area contributed by atoms with Crippen molar-refractivity contribution in [2.24, 2.45) is 23.5 Å². The number of rotatable bonds is 4. The van der Waals surface area contributed by atoms with E-state index in [-0.39, 0.29) is 17.7 Å². The normalized spacial score (nSPS) is 28.9. The standard InChI is InChI=1S/C17H30N2O2/c1-11(2)14-9-15(12(3)20)19(10-14)17(21)16(18)13-7-5-4-6-8-13/h11,13-16H,4-10,18H2,1-3H3/t14-,15+,16+/m1/s1. The van der Waals surface area contributed by atoms with Crippen molar-refractivity contribution in [2.75, 3.05) is 6.54 Å². The summed E-state index contributed by atoms with van der Waals surface area (Å²) in [4.78, 5) is 26.5. The summed E-state index contributed by atoms with van der Waals surface area (Å²) in [5.41, 5.74) is 6.25. The molecule has 4 nitrogen and oxygen atoms in total. The summed E-state index contributed by atoms with van der Waals surface area (Å²) in [6, 6.07) is -0.669. The van der Waals surface area contributed by atoms with E-state index < -0.39 is 6.04 Å². The van der Waals surface area contributed by atoms with E-state index in [9.17, 15) is 9.59 Å². The lowest BCUT2D eigenvalue weighted by Crippen LogP contribution is -2.51. The van der Waals surface area contributed by atoms with Crippen molar-refractivity contribution in [3.05, 3.63) is 0 Å². The molecule has 0 aromatic rings. The summed E-state index contributed by atoms with van der Waals surface area (Å²) < 4.78 is 0. The van der Waals surface area contributed by atoms with Crippen molar-refractivity contribution in [1.29, 1.82) is 0 Å². The molecule has 1 saturated heterocycles. The molecule has 0 spiro atoms. The van der Waals surface area contributed by atoms with Crippen molar-refractivity contribution in [1.82, 2.24) is 4.90 Å². The Bertz CT molecular complexity index is 388. The molecule has 1 heterocycles. The molecule has 0 aromatic carbocycles. The van der Waals surface area contributed by atoms with Crippen LogP contribution in [-0.4, -0.2) is 35.2 Å². The average molecular weight is 294 g/mol. The van der Waals surface area contributed by atoms with E-state index in [2.05, 4.69) is 13.8 Å².